The van der Waals surface area contributed by atoms with Crippen molar-refractivity contribution in [1.82, 2.24) is 5.32 Å². The molecule has 1 unspecified atom stereocenters. The minimum atomic E-state index is -0.529. The van der Waals surface area contributed by atoms with Gasteiger partial charge in [0.1, 0.15) is 11.6 Å². The largest absolute Gasteiger partial charge is 0.483 e. The fourth-order valence-corrected chi connectivity index (χ4v) is 3.58. The lowest BCUT2D eigenvalue weighted by atomic mass is 10.0. The molecule has 0 aliphatic heterocycles. The summed E-state index contributed by atoms with van der Waals surface area (Å²) in [4.78, 5) is 25.2. The highest BCUT2D eigenvalue weighted by atomic mass is 32.1. The number of aryl methyl sites for hydroxylation is 1. The molecule has 0 aliphatic rings. The Morgan fingerprint density at radius 1 is 1.14 bits per heavy atom. The van der Waals surface area contributed by atoms with E-state index in [1.54, 1.807) is 11.3 Å². The van der Waals surface area contributed by atoms with E-state index >= 15 is 0 Å². The molecular formula is C22H20FNO3S. The number of thiophene rings is 1. The molecule has 0 saturated carbocycles. The van der Waals surface area contributed by atoms with Gasteiger partial charge in [0.15, 0.2) is 12.4 Å². The van der Waals surface area contributed by atoms with Gasteiger partial charge < -0.3 is 10.1 Å². The summed E-state index contributed by atoms with van der Waals surface area (Å²) in [6, 6.07) is 15.2. The van der Waals surface area contributed by atoms with Crippen LogP contribution in [0.1, 0.15) is 39.3 Å². The van der Waals surface area contributed by atoms with Crippen LogP contribution in [0.25, 0.3) is 0 Å². The van der Waals surface area contributed by atoms with Crippen molar-refractivity contribution in [3.63, 3.8) is 0 Å². The molecule has 1 heterocycles. The highest BCUT2D eigenvalue weighted by Crippen LogP contribution is 2.26. The second-order valence-electron chi connectivity index (χ2n) is 6.41. The summed E-state index contributed by atoms with van der Waals surface area (Å²) in [7, 11) is 0. The third-order valence-corrected chi connectivity index (χ3v) is 5.16. The topological polar surface area (TPSA) is 55.4 Å². The van der Waals surface area contributed by atoms with E-state index in [4.69, 9.17) is 4.74 Å². The Hall–Kier alpha value is -2.99. The van der Waals surface area contributed by atoms with Crippen molar-refractivity contribution < 1.29 is 18.7 Å². The molecule has 1 atom stereocenters. The van der Waals surface area contributed by atoms with E-state index in [-0.39, 0.29) is 35.7 Å². The summed E-state index contributed by atoms with van der Waals surface area (Å²) in [6.45, 7) is 3.05. The van der Waals surface area contributed by atoms with Gasteiger partial charge in [-0.05, 0) is 49.1 Å². The lowest BCUT2D eigenvalue weighted by Gasteiger charge is -2.19. The van der Waals surface area contributed by atoms with Gasteiger partial charge in [-0.15, -0.1) is 11.3 Å². The van der Waals surface area contributed by atoms with Crippen LogP contribution in [0.4, 0.5) is 4.39 Å². The zero-order valence-electron chi connectivity index (χ0n) is 15.6. The molecule has 0 saturated heterocycles. The summed E-state index contributed by atoms with van der Waals surface area (Å²) in [5.74, 6) is -1.00. The van der Waals surface area contributed by atoms with Crippen LogP contribution < -0.4 is 10.1 Å². The van der Waals surface area contributed by atoms with E-state index < -0.39 is 5.82 Å². The molecule has 3 aromatic rings. The van der Waals surface area contributed by atoms with Crippen LogP contribution in [0.5, 0.6) is 5.75 Å². The first-order valence-corrected chi connectivity index (χ1v) is 9.64. The van der Waals surface area contributed by atoms with Crippen LogP contribution in [0, 0.1) is 12.7 Å². The SMILES string of the molecule is CC(=O)c1cc(F)ccc1OCC(=O)NC(c1ccc(C)cc1)c1cccs1. The van der Waals surface area contributed by atoms with E-state index in [2.05, 4.69) is 5.32 Å². The van der Waals surface area contributed by atoms with Gasteiger partial charge in [-0.3, -0.25) is 9.59 Å². The highest BCUT2D eigenvalue weighted by molar-refractivity contribution is 7.10. The third-order valence-electron chi connectivity index (χ3n) is 4.22. The first-order valence-electron chi connectivity index (χ1n) is 8.76. The molecule has 0 fully saturated rings. The Morgan fingerprint density at radius 2 is 1.89 bits per heavy atom. The van der Waals surface area contributed by atoms with Crippen molar-refractivity contribution in [2.45, 2.75) is 19.9 Å². The number of nitrogens with one attached hydrogen (secondary N) is 1. The predicted molar refractivity (Wildman–Crippen MR) is 107 cm³/mol. The van der Waals surface area contributed by atoms with Crippen molar-refractivity contribution in [2.24, 2.45) is 0 Å². The molecule has 1 aromatic heterocycles. The Balaban J connectivity index is 1.73. The van der Waals surface area contributed by atoms with Crippen LogP contribution in [0.2, 0.25) is 0 Å². The van der Waals surface area contributed by atoms with E-state index in [0.29, 0.717) is 0 Å². The molecule has 2 aromatic carbocycles. The van der Waals surface area contributed by atoms with Gasteiger partial charge in [0.2, 0.25) is 0 Å². The van der Waals surface area contributed by atoms with Crippen molar-refractivity contribution in [2.75, 3.05) is 6.61 Å². The second kappa shape index (κ2) is 8.80. The normalized spacial score (nSPS) is 11.7. The molecule has 1 N–H and O–H groups in total. The van der Waals surface area contributed by atoms with Crippen molar-refractivity contribution in [1.29, 1.82) is 0 Å². The van der Waals surface area contributed by atoms with Gasteiger partial charge in [0.25, 0.3) is 5.91 Å². The van der Waals surface area contributed by atoms with E-state index in [1.807, 2.05) is 48.7 Å². The van der Waals surface area contributed by atoms with Gasteiger partial charge in [-0.2, -0.15) is 0 Å². The number of ether oxygens (including phenoxy) is 1. The number of Topliss-reactive ketones (excluding diaryl/α,β-unsaturated/α-hetero) is 1. The second-order valence-corrected chi connectivity index (χ2v) is 7.39. The molecule has 0 aliphatic carbocycles. The minimum Gasteiger partial charge on any atom is -0.483 e. The fraction of sp³-hybridized carbons (Fsp3) is 0.182. The first-order chi connectivity index (χ1) is 13.4. The maximum Gasteiger partial charge on any atom is 0.258 e. The number of hydrogen-bond acceptors (Lipinski definition) is 4. The van der Waals surface area contributed by atoms with Crippen LogP contribution in [-0.2, 0) is 4.79 Å². The van der Waals surface area contributed by atoms with Crippen LogP contribution in [-0.4, -0.2) is 18.3 Å². The number of carbonyl (C=O) groups is 2. The van der Waals surface area contributed by atoms with Gasteiger partial charge in [0, 0.05) is 4.88 Å². The van der Waals surface area contributed by atoms with E-state index in [1.165, 1.54) is 19.1 Å². The van der Waals surface area contributed by atoms with Gasteiger partial charge >= 0.3 is 0 Å². The van der Waals surface area contributed by atoms with Crippen LogP contribution >= 0.6 is 11.3 Å². The highest BCUT2D eigenvalue weighted by Gasteiger charge is 2.19. The molecule has 1 amide bonds. The van der Waals surface area contributed by atoms with Gasteiger partial charge in [-0.1, -0.05) is 35.9 Å². The Morgan fingerprint density at radius 3 is 2.54 bits per heavy atom. The summed E-state index contributed by atoms with van der Waals surface area (Å²) >= 11 is 1.55. The summed E-state index contributed by atoms with van der Waals surface area (Å²) in [6.07, 6.45) is 0. The maximum atomic E-state index is 13.4. The average molecular weight is 397 g/mol. The summed E-state index contributed by atoms with van der Waals surface area (Å²) in [5.41, 5.74) is 2.21. The fourth-order valence-electron chi connectivity index (χ4n) is 2.78. The number of amides is 1. The standard InChI is InChI=1S/C22H20FNO3S/c1-14-5-7-16(8-6-14)22(20-4-3-11-28-20)24-21(26)13-27-19-10-9-17(23)12-18(19)15(2)25/h3-12,22H,13H2,1-2H3,(H,24,26). The lowest BCUT2D eigenvalue weighted by Crippen LogP contribution is -2.33. The molecule has 0 radical (unpaired) electrons. The molecule has 28 heavy (non-hydrogen) atoms. The molecule has 6 heteroatoms. The van der Waals surface area contributed by atoms with Crippen molar-refractivity contribution >= 4 is 23.0 Å². The predicted octanol–water partition coefficient (Wildman–Crippen LogP) is 4.68. The summed E-state index contributed by atoms with van der Waals surface area (Å²) < 4.78 is 18.9. The number of carbonyl (C=O) groups excluding carboxylic acids is 2. The maximum absolute atomic E-state index is 13.4. The minimum absolute atomic E-state index is 0.112. The molecule has 0 bridgehead atoms. The average Bonchev–Trinajstić information content (AvgIpc) is 3.20. The lowest BCUT2D eigenvalue weighted by molar-refractivity contribution is -0.123. The Kier molecular flexibility index (Phi) is 6.21. The van der Waals surface area contributed by atoms with Crippen LogP contribution in [0.3, 0.4) is 0 Å². The molecule has 144 valence electrons. The van der Waals surface area contributed by atoms with Crippen LogP contribution in [0.15, 0.2) is 60.0 Å². The van der Waals surface area contributed by atoms with Gasteiger partial charge in [-0.25, -0.2) is 4.39 Å². The first kappa shape index (κ1) is 19.8. The summed E-state index contributed by atoms with van der Waals surface area (Å²) in [5, 5.41) is 4.93. The quantitative estimate of drug-likeness (QED) is 0.589. The molecule has 0 spiro atoms. The Labute approximate surface area is 167 Å². The zero-order chi connectivity index (χ0) is 20.1. The zero-order valence-corrected chi connectivity index (χ0v) is 16.4. The number of benzene rings is 2. The third kappa shape index (κ3) is 4.84. The molecular weight excluding hydrogens is 377 g/mol. The number of hydrogen-bond donors (Lipinski definition) is 1. The van der Waals surface area contributed by atoms with E-state index in [9.17, 15) is 14.0 Å². The van der Waals surface area contributed by atoms with Crippen molar-refractivity contribution in [3.8, 4) is 5.75 Å². The number of ketones is 1. The van der Waals surface area contributed by atoms with Gasteiger partial charge in [0.05, 0.1) is 11.6 Å². The smallest absolute Gasteiger partial charge is 0.258 e. The van der Waals surface area contributed by atoms with Crippen molar-refractivity contribution in [3.05, 3.63) is 87.4 Å². The molecule has 4 nitrogen and oxygen atoms in total. The number of rotatable bonds is 7. The number of halogens is 1. The monoisotopic (exact) mass is 397 g/mol. The van der Waals surface area contributed by atoms with E-state index in [0.717, 1.165) is 22.1 Å². The Bertz CT molecular complexity index is 968. The molecule has 3 rings (SSSR count).